The molecule has 0 radical (unpaired) electrons. The lowest BCUT2D eigenvalue weighted by Gasteiger charge is -2.36. The number of ether oxygens (including phenoxy) is 2. The first-order valence-corrected chi connectivity index (χ1v) is 15.8. The molecule has 1 aliphatic heterocycles. The number of pyridine rings is 1. The maximum absolute atomic E-state index is 12.0. The number of carbonyl (C=O) groups is 3. The van der Waals surface area contributed by atoms with Crippen LogP contribution in [0.4, 0.5) is 0 Å². The van der Waals surface area contributed by atoms with Crippen LogP contribution in [0.5, 0.6) is 0 Å². The molecule has 3 atom stereocenters. The van der Waals surface area contributed by atoms with E-state index in [0.717, 1.165) is 33.4 Å². The van der Waals surface area contributed by atoms with Gasteiger partial charge in [0.05, 0.1) is 30.8 Å². The zero-order chi connectivity index (χ0) is 32.5. The molecule has 1 aliphatic rings. The molecule has 3 unspecified atom stereocenters. The average molecular weight is 643 g/mol. The molecule has 1 fully saturated rings. The highest BCUT2D eigenvalue weighted by atomic mass is 32.2. The summed E-state index contributed by atoms with van der Waals surface area (Å²) in [5.41, 5.74) is 5.40. The first-order valence-electron chi connectivity index (χ1n) is 14.8. The van der Waals surface area contributed by atoms with E-state index < -0.39 is 18.2 Å². The number of carboxylic acid groups (broad SMARTS) is 2. The van der Waals surface area contributed by atoms with Gasteiger partial charge in [0, 0.05) is 36.9 Å². The van der Waals surface area contributed by atoms with Crippen LogP contribution in [0.15, 0.2) is 96.2 Å². The number of aromatic nitrogens is 1. The summed E-state index contributed by atoms with van der Waals surface area (Å²) in [6, 6.07) is 26.3. The minimum atomic E-state index is -1.04. The van der Waals surface area contributed by atoms with Crippen LogP contribution in [0.1, 0.15) is 64.3 Å². The maximum atomic E-state index is 12.0. The van der Waals surface area contributed by atoms with Gasteiger partial charge in [0.1, 0.15) is 5.03 Å². The van der Waals surface area contributed by atoms with Crippen LogP contribution in [0.2, 0.25) is 0 Å². The third-order valence-electron chi connectivity index (χ3n) is 7.50. The first kappa shape index (κ1) is 32.8. The molecule has 1 saturated heterocycles. The van der Waals surface area contributed by atoms with E-state index in [4.69, 9.17) is 14.6 Å². The molecule has 10 nitrogen and oxygen atoms in total. The quantitative estimate of drug-likeness (QED) is 0.132. The molecule has 5 rings (SSSR count). The van der Waals surface area contributed by atoms with E-state index in [9.17, 15) is 24.6 Å². The van der Waals surface area contributed by atoms with Crippen LogP contribution < -0.4 is 5.32 Å². The van der Waals surface area contributed by atoms with Gasteiger partial charge in [-0.15, -0.1) is 11.8 Å². The number of carboxylic acids is 2. The predicted octanol–water partition coefficient (Wildman–Crippen LogP) is 5.76. The van der Waals surface area contributed by atoms with Crippen LogP contribution in [0.3, 0.4) is 0 Å². The number of hydrogen-bond acceptors (Lipinski definition) is 8. The third kappa shape index (κ3) is 8.79. The van der Waals surface area contributed by atoms with Crippen molar-refractivity contribution in [2.45, 2.75) is 55.9 Å². The summed E-state index contributed by atoms with van der Waals surface area (Å²) < 4.78 is 13.0. The number of amides is 1. The zero-order valence-electron chi connectivity index (χ0n) is 24.9. The Hall–Kier alpha value is -4.55. The van der Waals surface area contributed by atoms with Crippen molar-refractivity contribution in [1.29, 1.82) is 0 Å². The number of rotatable bonds is 13. The standard InChI is InChI=1S/C35H34N2O8S/c38-20-22-9-11-24(12-10-22)30-18-28(21-46-33-29(34(42)43)8-3-15-36-33)44-35(45-30)27-7-2-6-26(17-27)25-5-1-4-23(16-25)19-37-31(39)13-14-32(40)41/h1-12,15-17,28,30,35,38H,13-14,18-21H2,(H,37,39)(H,40,41)(H,42,43). The summed E-state index contributed by atoms with van der Waals surface area (Å²) in [4.78, 5) is 38.8. The van der Waals surface area contributed by atoms with Gasteiger partial charge in [-0.05, 0) is 52.1 Å². The van der Waals surface area contributed by atoms with Crippen molar-refractivity contribution >= 4 is 29.6 Å². The number of aromatic carboxylic acids is 1. The number of nitrogens with one attached hydrogen (secondary N) is 1. The summed E-state index contributed by atoms with van der Waals surface area (Å²) in [5.74, 6) is -1.91. The van der Waals surface area contributed by atoms with Crippen LogP contribution in [-0.2, 0) is 32.2 Å². The molecule has 4 N–H and O–H groups in total. The largest absolute Gasteiger partial charge is 0.481 e. The number of benzene rings is 3. The number of nitrogens with zero attached hydrogens (tertiary/aromatic N) is 1. The Bertz CT molecular complexity index is 1680. The Balaban J connectivity index is 1.35. The Labute approximate surface area is 270 Å². The van der Waals surface area contributed by atoms with Gasteiger partial charge in [-0.25, -0.2) is 9.78 Å². The first-order chi connectivity index (χ1) is 22.3. The fourth-order valence-electron chi connectivity index (χ4n) is 5.10. The second kappa shape index (κ2) is 15.6. The van der Waals surface area contributed by atoms with E-state index in [-0.39, 0.29) is 49.7 Å². The van der Waals surface area contributed by atoms with Crippen molar-refractivity contribution < 1.29 is 39.2 Å². The van der Waals surface area contributed by atoms with Crippen LogP contribution >= 0.6 is 11.8 Å². The van der Waals surface area contributed by atoms with Gasteiger partial charge in [0.25, 0.3) is 0 Å². The SMILES string of the molecule is O=C(O)CCC(=O)NCc1cccc(-c2cccc(C3OC(CSc4ncccc4C(=O)O)CC(c4ccc(CO)cc4)O3)c2)c1. The minimum absolute atomic E-state index is 0.0577. The fraction of sp³-hybridized carbons (Fsp3) is 0.257. The maximum Gasteiger partial charge on any atom is 0.338 e. The van der Waals surface area contributed by atoms with Crippen molar-refractivity contribution in [2.75, 3.05) is 5.75 Å². The zero-order valence-corrected chi connectivity index (χ0v) is 25.7. The lowest BCUT2D eigenvalue weighted by molar-refractivity contribution is -0.245. The molecule has 46 heavy (non-hydrogen) atoms. The van der Waals surface area contributed by atoms with Crippen molar-refractivity contribution in [3.05, 3.63) is 119 Å². The van der Waals surface area contributed by atoms with E-state index >= 15 is 0 Å². The molecule has 1 amide bonds. The van der Waals surface area contributed by atoms with Crippen LogP contribution in [-0.4, -0.2) is 50.0 Å². The Morgan fingerprint density at radius 1 is 0.848 bits per heavy atom. The summed E-state index contributed by atoms with van der Waals surface area (Å²) in [5, 5.41) is 31.1. The summed E-state index contributed by atoms with van der Waals surface area (Å²) in [7, 11) is 0. The summed E-state index contributed by atoms with van der Waals surface area (Å²) in [6.07, 6.45) is 0.515. The van der Waals surface area contributed by atoms with E-state index in [1.165, 1.54) is 17.8 Å². The Morgan fingerprint density at radius 3 is 2.35 bits per heavy atom. The molecular formula is C35H34N2O8S. The van der Waals surface area contributed by atoms with Gasteiger partial charge in [0.2, 0.25) is 5.91 Å². The van der Waals surface area contributed by atoms with E-state index in [1.54, 1.807) is 12.3 Å². The highest BCUT2D eigenvalue weighted by Gasteiger charge is 2.33. The normalized spacial score (nSPS) is 17.7. The number of thioether (sulfide) groups is 1. The van der Waals surface area contributed by atoms with Crippen molar-refractivity contribution in [3.63, 3.8) is 0 Å². The molecule has 0 spiro atoms. The van der Waals surface area contributed by atoms with Gasteiger partial charge in [-0.2, -0.15) is 0 Å². The molecule has 1 aromatic heterocycles. The second-order valence-electron chi connectivity index (χ2n) is 10.8. The highest BCUT2D eigenvalue weighted by molar-refractivity contribution is 7.99. The fourth-order valence-corrected chi connectivity index (χ4v) is 6.10. The summed E-state index contributed by atoms with van der Waals surface area (Å²) in [6.45, 7) is 0.217. The third-order valence-corrected chi connectivity index (χ3v) is 8.63. The number of hydrogen-bond donors (Lipinski definition) is 4. The summed E-state index contributed by atoms with van der Waals surface area (Å²) >= 11 is 1.33. The van der Waals surface area contributed by atoms with Crippen LogP contribution in [0, 0.1) is 0 Å². The molecule has 0 saturated carbocycles. The molecule has 0 bridgehead atoms. The number of carbonyl (C=O) groups excluding carboxylic acids is 1. The lowest BCUT2D eigenvalue weighted by Crippen LogP contribution is -2.31. The Kier molecular flexibility index (Phi) is 11.2. The van der Waals surface area contributed by atoms with Crippen molar-refractivity contribution in [2.24, 2.45) is 0 Å². The number of aliphatic carboxylic acids is 1. The topological polar surface area (TPSA) is 155 Å². The monoisotopic (exact) mass is 642 g/mol. The van der Waals surface area contributed by atoms with E-state index in [2.05, 4.69) is 10.3 Å². The minimum Gasteiger partial charge on any atom is -0.481 e. The molecule has 0 aliphatic carbocycles. The average Bonchev–Trinajstić information content (AvgIpc) is 3.09. The van der Waals surface area contributed by atoms with Gasteiger partial charge in [0.15, 0.2) is 6.29 Å². The molecule has 238 valence electrons. The molecule has 11 heteroatoms. The molecule has 4 aromatic rings. The van der Waals surface area contributed by atoms with Gasteiger partial charge < -0.3 is 30.1 Å². The van der Waals surface area contributed by atoms with Crippen LogP contribution in [0.25, 0.3) is 11.1 Å². The van der Waals surface area contributed by atoms with Crippen molar-refractivity contribution in [1.82, 2.24) is 10.3 Å². The number of aliphatic hydroxyl groups is 1. The number of aliphatic hydroxyl groups excluding tert-OH is 1. The van der Waals surface area contributed by atoms with E-state index in [1.807, 2.05) is 72.8 Å². The van der Waals surface area contributed by atoms with Gasteiger partial charge in [-0.1, -0.05) is 60.7 Å². The highest BCUT2D eigenvalue weighted by Crippen LogP contribution is 2.40. The molecule has 2 heterocycles. The second-order valence-corrected chi connectivity index (χ2v) is 11.8. The molecular weight excluding hydrogens is 608 g/mol. The van der Waals surface area contributed by atoms with Gasteiger partial charge in [-0.3, -0.25) is 9.59 Å². The smallest absolute Gasteiger partial charge is 0.338 e. The lowest BCUT2D eigenvalue weighted by atomic mass is 9.99. The van der Waals surface area contributed by atoms with Crippen molar-refractivity contribution in [3.8, 4) is 11.1 Å². The molecule has 3 aromatic carbocycles. The van der Waals surface area contributed by atoms with E-state index in [0.29, 0.717) is 17.2 Å². The predicted molar refractivity (Wildman–Crippen MR) is 171 cm³/mol. The van der Waals surface area contributed by atoms with Gasteiger partial charge >= 0.3 is 11.9 Å². The Morgan fingerprint density at radius 2 is 1.61 bits per heavy atom.